The molecule has 0 spiro atoms. The highest BCUT2D eigenvalue weighted by Gasteiger charge is 2.41. The van der Waals surface area contributed by atoms with Gasteiger partial charge in [0.25, 0.3) is 0 Å². The van der Waals surface area contributed by atoms with Crippen molar-refractivity contribution in [3.8, 4) is 0 Å². The van der Waals surface area contributed by atoms with Gasteiger partial charge in [-0.05, 0) is 26.2 Å². The Hall–Kier alpha value is -1.99. The van der Waals surface area contributed by atoms with E-state index in [-0.39, 0.29) is 0 Å². The Balaban J connectivity index is 1.40. The summed E-state index contributed by atoms with van der Waals surface area (Å²) in [6.45, 7) is 5.12. The standard InChI is InChI=1S/C20H24N6S/c1-3-6-27-20-22-9-14(10-23-20)12-25-15-4-5-17(25)16-11-21-19-7-13(2)24-26(19)18(16)8-15/h7,9-11,15,17H,3-6,8,12H2,1-2H3. The van der Waals surface area contributed by atoms with E-state index in [9.17, 15) is 0 Å². The molecule has 7 heteroatoms. The first-order chi connectivity index (χ1) is 13.2. The zero-order chi connectivity index (χ0) is 18.4. The summed E-state index contributed by atoms with van der Waals surface area (Å²) >= 11 is 1.73. The summed E-state index contributed by atoms with van der Waals surface area (Å²) in [6.07, 6.45) is 10.7. The van der Waals surface area contributed by atoms with E-state index in [1.807, 2.05) is 19.3 Å². The fourth-order valence-corrected chi connectivity index (χ4v) is 5.09. The Morgan fingerprint density at radius 3 is 2.81 bits per heavy atom. The van der Waals surface area contributed by atoms with Gasteiger partial charge in [0.1, 0.15) is 0 Å². The van der Waals surface area contributed by atoms with Crippen LogP contribution in [0.15, 0.2) is 29.8 Å². The first-order valence-electron chi connectivity index (χ1n) is 9.76. The third-order valence-electron chi connectivity index (χ3n) is 5.65. The quantitative estimate of drug-likeness (QED) is 0.498. The van der Waals surface area contributed by atoms with Crippen molar-refractivity contribution in [2.45, 2.75) is 63.3 Å². The van der Waals surface area contributed by atoms with Crippen molar-refractivity contribution in [2.75, 3.05) is 5.75 Å². The van der Waals surface area contributed by atoms with Crippen molar-refractivity contribution in [3.63, 3.8) is 0 Å². The highest BCUT2D eigenvalue weighted by atomic mass is 32.2. The molecule has 1 saturated heterocycles. The molecule has 27 heavy (non-hydrogen) atoms. The van der Waals surface area contributed by atoms with Gasteiger partial charge in [-0.25, -0.2) is 19.5 Å². The molecule has 0 aliphatic carbocycles. The number of fused-ring (bicyclic) bond motifs is 6. The fraction of sp³-hybridized carbons (Fsp3) is 0.500. The lowest BCUT2D eigenvalue weighted by Gasteiger charge is -2.36. The molecular formula is C20H24N6S. The second kappa shape index (κ2) is 6.87. The number of nitrogens with zero attached hydrogens (tertiary/aromatic N) is 6. The third-order valence-corrected chi connectivity index (χ3v) is 6.73. The minimum absolute atomic E-state index is 0.425. The molecule has 5 heterocycles. The van der Waals surface area contributed by atoms with Gasteiger partial charge < -0.3 is 0 Å². The Labute approximate surface area is 163 Å². The number of hydrogen-bond acceptors (Lipinski definition) is 6. The summed E-state index contributed by atoms with van der Waals surface area (Å²) in [4.78, 5) is 16.4. The summed E-state index contributed by atoms with van der Waals surface area (Å²) in [5.41, 5.74) is 5.88. The minimum atomic E-state index is 0.425. The van der Waals surface area contributed by atoms with Crippen LogP contribution in [0.25, 0.3) is 5.65 Å². The summed E-state index contributed by atoms with van der Waals surface area (Å²) < 4.78 is 2.07. The van der Waals surface area contributed by atoms with Crippen LogP contribution < -0.4 is 0 Å². The maximum Gasteiger partial charge on any atom is 0.187 e. The number of thioether (sulfide) groups is 1. The second-order valence-electron chi connectivity index (χ2n) is 7.56. The average molecular weight is 381 g/mol. The minimum Gasteiger partial charge on any atom is -0.289 e. The van der Waals surface area contributed by atoms with E-state index < -0.39 is 0 Å². The van der Waals surface area contributed by atoms with Gasteiger partial charge in [0, 0.05) is 66.6 Å². The van der Waals surface area contributed by atoms with Crippen molar-refractivity contribution < 1.29 is 0 Å². The molecule has 2 unspecified atom stereocenters. The van der Waals surface area contributed by atoms with Gasteiger partial charge in [0.15, 0.2) is 10.8 Å². The predicted octanol–water partition coefficient (Wildman–Crippen LogP) is 3.59. The molecule has 140 valence electrons. The number of aryl methyl sites for hydroxylation is 1. The van der Waals surface area contributed by atoms with Crippen molar-refractivity contribution >= 4 is 17.4 Å². The van der Waals surface area contributed by atoms with Crippen molar-refractivity contribution in [1.82, 2.24) is 29.5 Å². The van der Waals surface area contributed by atoms with Crippen molar-refractivity contribution in [3.05, 3.63) is 47.2 Å². The Kier molecular flexibility index (Phi) is 4.36. The molecular weight excluding hydrogens is 356 g/mol. The fourth-order valence-electron chi connectivity index (χ4n) is 4.45. The topological polar surface area (TPSA) is 59.2 Å². The monoisotopic (exact) mass is 380 g/mol. The van der Waals surface area contributed by atoms with E-state index in [1.165, 1.54) is 29.7 Å². The van der Waals surface area contributed by atoms with Gasteiger partial charge in [-0.15, -0.1) is 0 Å². The van der Waals surface area contributed by atoms with Crippen LogP contribution in [0.3, 0.4) is 0 Å². The van der Waals surface area contributed by atoms with E-state index in [0.717, 1.165) is 41.6 Å². The largest absolute Gasteiger partial charge is 0.289 e. The summed E-state index contributed by atoms with van der Waals surface area (Å²) in [6, 6.07) is 3.05. The van der Waals surface area contributed by atoms with Gasteiger partial charge in [0.05, 0.1) is 11.4 Å². The molecule has 3 aromatic rings. The zero-order valence-electron chi connectivity index (χ0n) is 15.8. The Morgan fingerprint density at radius 2 is 2.00 bits per heavy atom. The smallest absolute Gasteiger partial charge is 0.187 e. The van der Waals surface area contributed by atoms with Gasteiger partial charge in [-0.3, -0.25) is 4.90 Å². The number of aromatic nitrogens is 5. The van der Waals surface area contributed by atoms with Gasteiger partial charge in [0.2, 0.25) is 0 Å². The molecule has 1 fully saturated rings. The van der Waals surface area contributed by atoms with Crippen LogP contribution in [0, 0.1) is 6.92 Å². The molecule has 2 bridgehead atoms. The van der Waals surface area contributed by atoms with Crippen molar-refractivity contribution in [1.29, 1.82) is 0 Å². The first-order valence-corrected chi connectivity index (χ1v) is 10.7. The number of rotatable bonds is 5. The predicted molar refractivity (Wildman–Crippen MR) is 106 cm³/mol. The SMILES string of the molecule is CCCSc1ncc(CN2C3CCC2c2cnc4cc(C)nn4c2C3)cn1. The van der Waals surface area contributed by atoms with Crippen LogP contribution in [0.2, 0.25) is 0 Å². The van der Waals surface area contributed by atoms with Crippen molar-refractivity contribution in [2.24, 2.45) is 0 Å². The Morgan fingerprint density at radius 1 is 1.15 bits per heavy atom. The highest BCUT2D eigenvalue weighted by Crippen LogP contribution is 2.44. The lowest BCUT2D eigenvalue weighted by molar-refractivity contribution is 0.164. The average Bonchev–Trinajstić information content (AvgIpc) is 3.19. The molecule has 0 radical (unpaired) electrons. The van der Waals surface area contributed by atoms with E-state index >= 15 is 0 Å². The normalized spacial score (nSPS) is 21.7. The summed E-state index contributed by atoms with van der Waals surface area (Å²) in [5.74, 6) is 1.07. The van der Waals surface area contributed by atoms with Gasteiger partial charge >= 0.3 is 0 Å². The molecule has 2 aliphatic rings. The summed E-state index contributed by atoms with van der Waals surface area (Å²) in [5, 5.41) is 5.56. The van der Waals surface area contributed by atoms with Crippen LogP contribution in [0.1, 0.15) is 54.7 Å². The van der Waals surface area contributed by atoms with Crippen LogP contribution in [-0.4, -0.2) is 41.3 Å². The third kappa shape index (κ3) is 3.02. The van der Waals surface area contributed by atoms with Crippen LogP contribution in [0.5, 0.6) is 0 Å². The summed E-state index contributed by atoms with van der Waals surface area (Å²) in [7, 11) is 0. The molecule has 3 aromatic heterocycles. The van der Waals surface area contributed by atoms with Crippen LogP contribution in [-0.2, 0) is 13.0 Å². The molecule has 0 amide bonds. The maximum absolute atomic E-state index is 4.68. The molecule has 2 atom stereocenters. The van der Waals surface area contributed by atoms with E-state index in [1.54, 1.807) is 11.8 Å². The first kappa shape index (κ1) is 17.1. The maximum atomic E-state index is 4.68. The van der Waals surface area contributed by atoms with Gasteiger partial charge in [-0.1, -0.05) is 18.7 Å². The van der Waals surface area contributed by atoms with E-state index in [2.05, 4.69) is 48.7 Å². The molecule has 0 N–H and O–H groups in total. The zero-order valence-corrected chi connectivity index (χ0v) is 16.6. The number of hydrogen-bond donors (Lipinski definition) is 0. The lowest BCUT2D eigenvalue weighted by atomic mass is 9.98. The van der Waals surface area contributed by atoms with Crippen LogP contribution >= 0.6 is 11.8 Å². The van der Waals surface area contributed by atoms with E-state index in [0.29, 0.717) is 12.1 Å². The second-order valence-corrected chi connectivity index (χ2v) is 8.62. The molecule has 5 rings (SSSR count). The molecule has 2 aliphatic heterocycles. The van der Waals surface area contributed by atoms with Crippen LogP contribution in [0.4, 0.5) is 0 Å². The van der Waals surface area contributed by atoms with Gasteiger partial charge in [-0.2, -0.15) is 5.10 Å². The lowest BCUT2D eigenvalue weighted by Crippen LogP contribution is -2.38. The molecule has 0 saturated carbocycles. The molecule has 6 nitrogen and oxygen atoms in total. The molecule has 0 aromatic carbocycles. The Bertz CT molecular complexity index is 967. The van der Waals surface area contributed by atoms with E-state index in [4.69, 9.17) is 0 Å². The highest BCUT2D eigenvalue weighted by molar-refractivity contribution is 7.99.